The normalized spacial score (nSPS) is 21.7. The van der Waals surface area contributed by atoms with Gasteiger partial charge >= 0.3 is 5.97 Å². The maximum absolute atomic E-state index is 13.0. The molecule has 0 spiro atoms. The largest absolute Gasteiger partial charge is 0.462 e. The number of nitrogens with two attached hydrogens (primary N) is 1. The predicted molar refractivity (Wildman–Crippen MR) is 103 cm³/mol. The highest BCUT2D eigenvalue weighted by atomic mass is 35.5. The highest BCUT2D eigenvalue weighted by Gasteiger charge is 2.45. The number of ether oxygens (including phenoxy) is 2. The van der Waals surface area contributed by atoms with Gasteiger partial charge in [-0.25, -0.2) is 4.79 Å². The molecule has 0 aromatic heterocycles. The molecule has 0 unspecified atom stereocenters. The van der Waals surface area contributed by atoms with E-state index in [1.807, 2.05) is 13.8 Å². The quantitative estimate of drug-likeness (QED) is 0.744. The molecule has 1 heterocycles. The van der Waals surface area contributed by atoms with Crippen LogP contribution in [0.3, 0.4) is 0 Å². The SMILES string of the molecule is CCOC(=O)C1=C(N)OC2=C(C(=O)CC(C)(C)C2)[C@@H]1c1ccc(Cl)cc1Cl. The third-order valence-corrected chi connectivity index (χ3v) is 5.29. The van der Waals surface area contributed by atoms with Gasteiger partial charge in [-0.3, -0.25) is 4.79 Å². The van der Waals surface area contributed by atoms with Crippen molar-refractivity contribution in [3.8, 4) is 0 Å². The Labute approximate surface area is 168 Å². The van der Waals surface area contributed by atoms with E-state index in [1.165, 1.54) is 0 Å². The van der Waals surface area contributed by atoms with E-state index >= 15 is 0 Å². The molecule has 0 bridgehead atoms. The molecular weight excluding hydrogens is 389 g/mol. The average molecular weight is 410 g/mol. The van der Waals surface area contributed by atoms with Gasteiger partial charge in [-0.2, -0.15) is 0 Å². The molecule has 2 aliphatic rings. The van der Waals surface area contributed by atoms with Crippen molar-refractivity contribution in [2.75, 3.05) is 6.61 Å². The molecule has 0 fully saturated rings. The fourth-order valence-electron chi connectivity index (χ4n) is 3.64. The van der Waals surface area contributed by atoms with Crippen LogP contribution in [-0.2, 0) is 19.1 Å². The number of carbonyl (C=O) groups excluding carboxylic acids is 2. The van der Waals surface area contributed by atoms with E-state index in [4.69, 9.17) is 38.4 Å². The van der Waals surface area contributed by atoms with Gasteiger partial charge in [-0.1, -0.05) is 43.1 Å². The first-order chi connectivity index (χ1) is 12.6. The summed E-state index contributed by atoms with van der Waals surface area (Å²) in [5.41, 5.74) is 6.91. The van der Waals surface area contributed by atoms with E-state index in [9.17, 15) is 9.59 Å². The molecule has 1 atom stereocenters. The van der Waals surface area contributed by atoms with Crippen LogP contribution in [0.15, 0.2) is 41.0 Å². The molecule has 1 aliphatic carbocycles. The monoisotopic (exact) mass is 409 g/mol. The zero-order chi connectivity index (χ0) is 19.9. The first kappa shape index (κ1) is 19.8. The number of rotatable bonds is 3. The average Bonchev–Trinajstić information content (AvgIpc) is 2.52. The number of hydrogen-bond donors (Lipinski definition) is 1. The van der Waals surface area contributed by atoms with Crippen LogP contribution in [-0.4, -0.2) is 18.4 Å². The molecule has 1 aliphatic heterocycles. The lowest BCUT2D eigenvalue weighted by molar-refractivity contribution is -0.139. The van der Waals surface area contributed by atoms with Crippen molar-refractivity contribution in [2.24, 2.45) is 11.1 Å². The second-order valence-electron chi connectivity index (χ2n) is 7.48. The Morgan fingerprint density at radius 3 is 2.67 bits per heavy atom. The maximum atomic E-state index is 13.0. The molecule has 3 rings (SSSR count). The standard InChI is InChI=1S/C20H21Cl2NO4/c1-4-26-19(25)17-15(11-6-5-10(21)7-12(11)22)16-13(24)8-20(2,3)9-14(16)27-18(17)23/h5-7,15H,4,8-9,23H2,1-3H3/t15-/m0/s1. The molecule has 5 nitrogen and oxygen atoms in total. The minimum atomic E-state index is -0.749. The zero-order valence-corrected chi connectivity index (χ0v) is 16.9. The van der Waals surface area contributed by atoms with Crippen LogP contribution in [0.25, 0.3) is 0 Å². The molecule has 0 saturated heterocycles. The summed E-state index contributed by atoms with van der Waals surface area (Å²) in [4.78, 5) is 25.7. The van der Waals surface area contributed by atoms with Crippen molar-refractivity contribution in [1.82, 2.24) is 0 Å². The minimum Gasteiger partial charge on any atom is -0.462 e. The lowest BCUT2D eigenvalue weighted by atomic mass is 9.70. The second kappa shape index (κ2) is 7.21. The Hall–Kier alpha value is -1.98. The van der Waals surface area contributed by atoms with E-state index in [-0.39, 0.29) is 29.3 Å². The summed E-state index contributed by atoms with van der Waals surface area (Å²) in [6, 6.07) is 4.93. The van der Waals surface area contributed by atoms with Crippen LogP contribution in [0, 0.1) is 5.41 Å². The third-order valence-electron chi connectivity index (χ3n) is 4.72. The Balaban J connectivity index is 2.22. The predicted octanol–water partition coefficient (Wildman–Crippen LogP) is 4.48. The van der Waals surface area contributed by atoms with E-state index in [0.29, 0.717) is 39.8 Å². The number of esters is 1. The molecule has 1 aromatic rings. The van der Waals surface area contributed by atoms with Gasteiger partial charge in [0, 0.05) is 28.5 Å². The van der Waals surface area contributed by atoms with Gasteiger partial charge in [0.15, 0.2) is 5.78 Å². The fourth-order valence-corrected chi connectivity index (χ4v) is 4.16. The molecule has 2 N–H and O–H groups in total. The van der Waals surface area contributed by atoms with Gasteiger partial charge in [0.25, 0.3) is 0 Å². The third kappa shape index (κ3) is 3.71. The van der Waals surface area contributed by atoms with Crippen LogP contribution < -0.4 is 5.73 Å². The van der Waals surface area contributed by atoms with E-state index < -0.39 is 11.9 Å². The number of hydrogen-bond acceptors (Lipinski definition) is 5. The molecule has 144 valence electrons. The maximum Gasteiger partial charge on any atom is 0.340 e. The van der Waals surface area contributed by atoms with Crippen LogP contribution >= 0.6 is 23.2 Å². The van der Waals surface area contributed by atoms with Gasteiger partial charge in [-0.05, 0) is 30.0 Å². The van der Waals surface area contributed by atoms with Crippen molar-refractivity contribution in [3.63, 3.8) is 0 Å². The summed E-state index contributed by atoms with van der Waals surface area (Å²) in [6.07, 6.45) is 0.875. The molecule has 0 radical (unpaired) electrons. The highest BCUT2D eigenvalue weighted by Crippen LogP contribution is 2.49. The van der Waals surface area contributed by atoms with Gasteiger partial charge in [-0.15, -0.1) is 0 Å². The van der Waals surface area contributed by atoms with E-state index in [1.54, 1.807) is 25.1 Å². The summed E-state index contributed by atoms with van der Waals surface area (Å²) in [5, 5.41) is 0.796. The summed E-state index contributed by atoms with van der Waals surface area (Å²) in [6.45, 7) is 5.84. The molecule has 0 saturated carbocycles. The summed E-state index contributed by atoms with van der Waals surface area (Å²) >= 11 is 12.4. The summed E-state index contributed by atoms with van der Waals surface area (Å²) in [7, 11) is 0. The lowest BCUT2D eigenvalue weighted by Crippen LogP contribution is -2.35. The van der Waals surface area contributed by atoms with Crippen molar-refractivity contribution < 1.29 is 19.1 Å². The highest BCUT2D eigenvalue weighted by molar-refractivity contribution is 6.35. The lowest BCUT2D eigenvalue weighted by Gasteiger charge is -2.38. The van der Waals surface area contributed by atoms with Crippen molar-refractivity contribution in [3.05, 3.63) is 56.6 Å². The molecule has 0 amide bonds. The fraction of sp³-hybridized carbons (Fsp3) is 0.400. The van der Waals surface area contributed by atoms with E-state index in [2.05, 4.69) is 0 Å². The number of Topliss-reactive ketones (excluding diaryl/α,β-unsaturated/α-hetero) is 1. The van der Waals surface area contributed by atoms with Gasteiger partial charge in [0.05, 0.1) is 12.5 Å². The van der Waals surface area contributed by atoms with Crippen molar-refractivity contribution in [1.29, 1.82) is 0 Å². The Morgan fingerprint density at radius 2 is 2.04 bits per heavy atom. The number of carbonyl (C=O) groups is 2. The number of benzene rings is 1. The van der Waals surface area contributed by atoms with Crippen LogP contribution in [0.2, 0.25) is 10.0 Å². The molecule has 1 aromatic carbocycles. The Kier molecular flexibility index (Phi) is 5.28. The van der Waals surface area contributed by atoms with Gasteiger partial charge in [0.1, 0.15) is 11.3 Å². The smallest absolute Gasteiger partial charge is 0.340 e. The number of ketones is 1. The van der Waals surface area contributed by atoms with Crippen LogP contribution in [0.4, 0.5) is 0 Å². The molecule has 7 heteroatoms. The first-order valence-corrected chi connectivity index (χ1v) is 9.46. The molecular formula is C20H21Cl2NO4. The Bertz CT molecular complexity index is 886. The van der Waals surface area contributed by atoms with Gasteiger partial charge < -0.3 is 15.2 Å². The summed E-state index contributed by atoms with van der Waals surface area (Å²) < 4.78 is 10.9. The van der Waals surface area contributed by atoms with Gasteiger partial charge in [0.2, 0.25) is 5.88 Å². The molecule has 27 heavy (non-hydrogen) atoms. The van der Waals surface area contributed by atoms with Crippen LogP contribution in [0.5, 0.6) is 0 Å². The van der Waals surface area contributed by atoms with E-state index in [0.717, 1.165) is 0 Å². The number of allylic oxidation sites excluding steroid dienone is 2. The van der Waals surface area contributed by atoms with Crippen molar-refractivity contribution >= 4 is 35.0 Å². The number of halogens is 2. The topological polar surface area (TPSA) is 78.6 Å². The van der Waals surface area contributed by atoms with Crippen LogP contribution in [0.1, 0.15) is 45.1 Å². The first-order valence-electron chi connectivity index (χ1n) is 8.70. The summed E-state index contributed by atoms with van der Waals surface area (Å²) in [5.74, 6) is -1.05. The second-order valence-corrected chi connectivity index (χ2v) is 8.32. The van der Waals surface area contributed by atoms with Crippen molar-refractivity contribution in [2.45, 2.75) is 39.5 Å². The zero-order valence-electron chi connectivity index (χ0n) is 15.4. The minimum absolute atomic E-state index is 0.0614. The Morgan fingerprint density at radius 1 is 1.33 bits per heavy atom.